The molecule has 0 nitrogen and oxygen atoms in total. The molecule has 20 heavy (non-hydrogen) atoms. The first-order valence-electron chi connectivity index (χ1n) is 8.14. The lowest BCUT2D eigenvalue weighted by molar-refractivity contribution is 0.201. The molecule has 0 bridgehead atoms. The Hall–Kier alpha value is -0.920. The van der Waals surface area contributed by atoms with E-state index in [0.29, 0.717) is 5.92 Å². The minimum absolute atomic E-state index is 0.619. The molecule has 0 unspecified atom stereocenters. The van der Waals surface area contributed by atoms with Gasteiger partial charge in [-0.2, -0.15) is 0 Å². The summed E-state index contributed by atoms with van der Waals surface area (Å²) < 4.78 is 26.6. The Morgan fingerprint density at radius 2 is 1.45 bits per heavy atom. The van der Waals surface area contributed by atoms with Crippen molar-refractivity contribution in [3.8, 4) is 0 Å². The second-order valence-electron chi connectivity index (χ2n) is 6.77. The number of rotatable bonds is 3. The first-order valence-corrected chi connectivity index (χ1v) is 8.14. The Balaban J connectivity index is 1.62. The molecule has 2 aliphatic rings. The Labute approximate surface area is 120 Å². The molecule has 0 aromatic heterocycles. The van der Waals surface area contributed by atoms with Crippen LogP contribution in [0.4, 0.5) is 8.78 Å². The van der Waals surface area contributed by atoms with Crippen LogP contribution in [0.15, 0.2) is 12.1 Å². The fourth-order valence-corrected chi connectivity index (χ4v) is 4.34. The van der Waals surface area contributed by atoms with Gasteiger partial charge >= 0.3 is 0 Å². The lowest BCUT2D eigenvalue weighted by Crippen LogP contribution is -2.22. The van der Waals surface area contributed by atoms with Crippen molar-refractivity contribution in [3.63, 3.8) is 0 Å². The SMILES string of the molecule is CCC[C@H]1CC[C@H](C2Cc3cc(F)c(F)cc3C2)CC1. The van der Waals surface area contributed by atoms with Gasteiger partial charge in [-0.25, -0.2) is 8.78 Å². The van der Waals surface area contributed by atoms with Gasteiger partial charge in [0.2, 0.25) is 0 Å². The van der Waals surface area contributed by atoms with Crippen LogP contribution in [-0.2, 0) is 12.8 Å². The van der Waals surface area contributed by atoms with Crippen LogP contribution < -0.4 is 0 Å². The Morgan fingerprint density at radius 1 is 0.900 bits per heavy atom. The van der Waals surface area contributed by atoms with Crippen LogP contribution in [0.1, 0.15) is 56.6 Å². The predicted molar refractivity (Wildman–Crippen MR) is 77.6 cm³/mol. The Kier molecular flexibility index (Phi) is 4.09. The first kappa shape index (κ1) is 14.0. The summed E-state index contributed by atoms with van der Waals surface area (Å²) >= 11 is 0. The quantitative estimate of drug-likeness (QED) is 0.705. The minimum Gasteiger partial charge on any atom is -0.204 e. The molecule has 1 aromatic carbocycles. The summed E-state index contributed by atoms with van der Waals surface area (Å²) in [5.74, 6) is 0.942. The van der Waals surface area contributed by atoms with Crippen LogP contribution in [0.5, 0.6) is 0 Å². The summed E-state index contributed by atoms with van der Waals surface area (Å²) in [4.78, 5) is 0. The number of benzene rings is 1. The summed E-state index contributed by atoms with van der Waals surface area (Å²) in [6.07, 6.45) is 9.91. The molecule has 0 aliphatic heterocycles. The average molecular weight is 278 g/mol. The summed E-state index contributed by atoms with van der Waals surface area (Å²) in [5, 5.41) is 0. The van der Waals surface area contributed by atoms with Crippen molar-refractivity contribution in [2.45, 2.75) is 58.3 Å². The zero-order valence-electron chi connectivity index (χ0n) is 12.3. The maximum atomic E-state index is 13.3. The minimum atomic E-state index is -0.684. The van der Waals surface area contributed by atoms with Gasteiger partial charge in [-0.1, -0.05) is 32.6 Å². The summed E-state index contributed by atoms with van der Waals surface area (Å²) in [7, 11) is 0. The fourth-order valence-electron chi connectivity index (χ4n) is 4.34. The van der Waals surface area contributed by atoms with E-state index in [1.807, 2.05) is 0 Å². The molecule has 1 aromatic rings. The van der Waals surface area contributed by atoms with E-state index in [1.54, 1.807) is 0 Å². The molecule has 110 valence electrons. The van der Waals surface area contributed by atoms with Crippen LogP contribution in [0.3, 0.4) is 0 Å². The largest absolute Gasteiger partial charge is 0.204 e. The van der Waals surface area contributed by atoms with Crippen molar-refractivity contribution >= 4 is 0 Å². The lowest BCUT2D eigenvalue weighted by atomic mass is 9.74. The van der Waals surface area contributed by atoms with E-state index in [4.69, 9.17) is 0 Å². The van der Waals surface area contributed by atoms with Gasteiger partial charge in [0.25, 0.3) is 0 Å². The van der Waals surface area contributed by atoms with Gasteiger partial charge < -0.3 is 0 Å². The van der Waals surface area contributed by atoms with Crippen molar-refractivity contribution in [3.05, 3.63) is 34.9 Å². The van der Waals surface area contributed by atoms with Crippen LogP contribution in [0.25, 0.3) is 0 Å². The predicted octanol–water partition coefficient (Wildman–Crippen LogP) is 5.29. The van der Waals surface area contributed by atoms with E-state index in [0.717, 1.165) is 35.8 Å². The van der Waals surface area contributed by atoms with Gasteiger partial charge in [-0.15, -0.1) is 0 Å². The van der Waals surface area contributed by atoms with Crippen LogP contribution in [0, 0.1) is 29.4 Å². The van der Waals surface area contributed by atoms with Crippen molar-refractivity contribution in [1.29, 1.82) is 0 Å². The molecule has 3 rings (SSSR count). The molecular formula is C18H24F2. The van der Waals surface area contributed by atoms with E-state index in [9.17, 15) is 8.78 Å². The zero-order valence-corrected chi connectivity index (χ0v) is 12.3. The van der Waals surface area contributed by atoms with Crippen molar-refractivity contribution in [2.75, 3.05) is 0 Å². The van der Waals surface area contributed by atoms with Gasteiger partial charge in [-0.05, 0) is 66.7 Å². The van der Waals surface area contributed by atoms with Gasteiger partial charge in [0.15, 0.2) is 11.6 Å². The van der Waals surface area contributed by atoms with E-state index >= 15 is 0 Å². The number of fused-ring (bicyclic) bond motifs is 1. The average Bonchev–Trinajstić information content (AvgIpc) is 2.83. The topological polar surface area (TPSA) is 0 Å². The third kappa shape index (κ3) is 2.75. The summed E-state index contributed by atoms with van der Waals surface area (Å²) in [6, 6.07) is 2.85. The maximum Gasteiger partial charge on any atom is 0.159 e. The normalized spacial score (nSPS) is 26.8. The molecule has 1 saturated carbocycles. The van der Waals surface area contributed by atoms with Crippen molar-refractivity contribution in [1.82, 2.24) is 0 Å². The third-order valence-corrected chi connectivity index (χ3v) is 5.46. The van der Waals surface area contributed by atoms with Gasteiger partial charge in [0.05, 0.1) is 0 Å². The molecule has 0 heterocycles. The van der Waals surface area contributed by atoms with E-state index in [2.05, 4.69) is 6.92 Å². The van der Waals surface area contributed by atoms with Gasteiger partial charge in [-0.3, -0.25) is 0 Å². The molecule has 1 fully saturated rings. The van der Waals surface area contributed by atoms with Crippen LogP contribution in [0.2, 0.25) is 0 Å². The second-order valence-corrected chi connectivity index (χ2v) is 6.77. The van der Waals surface area contributed by atoms with E-state index in [1.165, 1.54) is 50.7 Å². The molecular weight excluding hydrogens is 254 g/mol. The van der Waals surface area contributed by atoms with Gasteiger partial charge in [0, 0.05) is 0 Å². The molecule has 0 N–H and O–H groups in total. The monoisotopic (exact) mass is 278 g/mol. The summed E-state index contributed by atoms with van der Waals surface area (Å²) in [6.45, 7) is 2.27. The standard InChI is InChI=1S/C18H24F2/c1-2-3-12-4-6-13(7-5-12)14-8-15-10-17(19)18(20)11-16(15)9-14/h10-14H,2-9H2,1H3/t12-,13-. The van der Waals surface area contributed by atoms with Crippen molar-refractivity contribution < 1.29 is 8.78 Å². The van der Waals surface area contributed by atoms with Gasteiger partial charge in [0.1, 0.15) is 0 Å². The number of hydrogen-bond donors (Lipinski definition) is 0. The number of hydrogen-bond acceptors (Lipinski definition) is 0. The number of halogens is 2. The highest BCUT2D eigenvalue weighted by molar-refractivity contribution is 5.33. The Bertz CT molecular complexity index is 442. The Morgan fingerprint density at radius 3 is 1.95 bits per heavy atom. The molecule has 0 saturated heterocycles. The molecule has 2 heteroatoms. The second kappa shape index (κ2) is 5.83. The first-order chi connectivity index (χ1) is 9.67. The lowest BCUT2D eigenvalue weighted by Gasteiger charge is -2.32. The molecule has 0 spiro atoms. The molecule has 0 radical (unpaired) electrons. The third-order valence-electron chi connectivity index (χ3n) is 5.46. The van der Waals surface area contributed by atoms with Crippen LogP contribution in [-0.4, -0.2) is 0 Å². The fraction of sp³-hybridized carbons (Fsp3) is 0.667. The maximum absolute atomic E-state index is 13.3. The van der Waals surface area contributed by atoms with Crippen molar-refractivity contribution in [2.24, 2.45) is 17.8 Å². The molecule has 0 atom stereocenters. The molecule has 2 aliphatic carbocycles. The van der Waals surface area contributed by atoms with Crippen LogP contribution >= 0.6 is 0 Å². The highest BCUT2D eigenvalue weighted by atomic mass is 19.2. The smallest absolute Gasteiger partial charge is 0.159 e. The highest BCUT2D eigenvalue weighted by Gasteiger charge is 2.32. The van der Waals surface area contributed by atoms with E-state index in [-0.39, 0.29) is 0 Å². The highest BCUT2D eigenvalue weighted by Crippen LogP contribution is 2.41. The summed E-state index contributed by atoms with van der Waals surface area (Å²) in [5.41, 5.74) is 2.09. The molecule has 0 amide bonds. The zero-order chi connectivity index (χ0) is 14.1. The van der Waals surface area contributed by atoms with E-state index < -0.39 is 11.6 Å².